The normalized spacial score (nSPS) is 17.6. The summed E-state index contributed by atoms with van der Waals surface area (Å²) in [5.41, 5.74) is 1.18. The minimum absolute atomic E-state index is 0.00630. The van der Waals surface area contributed by atoms with Gasteiger partial charge in [-0.3, -0.25) is 4.79 Å². The molecule has 8 heteroatoms. The number of carboxylic acids is 1. The van der Waals surface area contributed by atoms with Crippen LogP contribution in [-0.2, 0) is 16.0 Å². The minimum Gasteiger partial charge on any atom is -0.550 e. The summed E-state index contributed by atoms with van der Waals surface area (Å²) in [5.74, 6) is -2.02. The third-order valence-electron chi connectivity index (χ3n) is 4.44. The van der Waals surface area contributed by atoms with Crippen molar-refractivity contribution in [2.45, 2.75) is 37.9 Å². The molecule has 2 aromatic rings. The maximum absolute atomic E-state index is 13.7. The monoisotopic (exact) mass is 353 g/mol. The maximum atomic E-state index is 13.7. The highest BCUT2D eigenvalue weighted by Gasteiger charge is 2.50. The van der Waals surface area contributed by atoms with Crippen LogP contribution < -0.4 is 5.11 Å². The van der Waals surface area contributed by atoms with E-state index in [1.165, 1.54) is 0 Å². The highest BCUT2D eigenvalue weighted by Crippen LogP contribution is 2.43. The molecule has 2 heterocycles. The van der Waals surface area contributed by atoms with Crippen LogP contribution in [-0.4, -0.2) is 34.5 Å². The summed E-state index contributed by atoms with van der Waals surface area (Å²) in [7, 11) is 0. The Kier molecular flexibility index (Phi) is 4.45. The van der Waals surface area contributed by atoms with Gasteiger partial charge in [-0.1, -0.05) is 18.2 Å². The Hall–Kier alpha value is -2.51. The molecule has 1 aliphatic rings. The number of alkyl halides is 3. The SMILES string of the molecule is O=C([O-])CCCC(=O)N1CCc2c([nH]c3ccccc23)[C@@H]1C(F)(F)F. The molecule has 0 saturated heterocycles. The molecule has 0 spiro atoms. The van der Waals surface area contributed by atoms with Gasteiger partial charge in [-0.2, -0.15) is 13.2 Å². The molecule has 5 nitrogen and oxygen atoms in total. The molecule has 1 N–H and O–H groups in total. The van der Waals surface area contributed by atoms with Crippen LogP contribution in [0.3, 0.4) is 0 Å². The van der Waals surface area contributed by atoms with Crippen LogP contribution >= 0.6 is 0 Å². The number of carbonyl (C=O) groups is 2. The standard InChI is InChI=1S/C17H17F3N2O3/c18-17(19,20)16-15-11(10-4-1-2-5-12(10)21-15)8-9-22(16)13(23)6-3-7-14(24)25/h1-2,4-5,16,21H,3,6-9H2,(H,24,25)/p-1/t16-/m1/s1. The average molecular weight is 353 g/mol. The predicted molar refractivity (Wildman–Crippen MR) is 81.4 cm³/mol. The molecule has 1 aliphatic heterocycles. The summed E-state index contributed by atoms with van der Waals surface area (Å²) in [6, 6.07) is 4.91. The Morgan fingerprint density at radius 1 is 1.24 bits per heavy atom. The fraction of sp³-hybridized carbons (Fsp3) is 0.412. The van der Waals surface area contributed by atoms with E-state index in [2.05, 4.69) is 4.98 Å². The lowest BCUT2D eigenvalue weighted by molar-refractivity contribution is -0.305. The summed E-state index contributed by atoms with van der Waals surface area (Å²) in [4.78, 5) is 26.3. The zero-order valence-electron chi connectivity index (χ0n) is 13.2. The predicted octanol–water partition coefficient (Wildman–Crippen LogP) is 2.08. The number of nitrogens with one attached hydrogen (secondary N) is 1. The number of benzene rings is 1. The van der Waals surface area contributed by atoms with Crippen molar-refractivity contribution in [2.24, 2.45) is 0 Å². The number of carbonyl (C=O) groups excluding carboxylic acids is 2. The first-order chi connectivity index (χ1) is 11.8. The Morgan fingerprint density at radius 2 is 1.96 bits per heavy atom. The summed E-state index contributed by atoms with van der Waals surface area (Å²) in [5, 5.41) is 11.2. The van der Waals surface area contributed by atoms with Crippen molar-refractivity contribution in [1.29, 1.82) is 0 Å². The van der Waals surface area contributed by atoms with Gasteiger partial charge in [-0.05, 0) is 30.9 Å². The van der Waals surface area contributed by atoms with E-state index in [1.807, 2.05) is 0 Å². The number of aliphatic carboxylic acids is 1. The van der Waals surface area contributed by atoms with Gasteiger partial charge in [0.1, 0.15) is 0 Å². The largest absolute Gasteiger partial charge is 0.550 e. The minimum atomic E-state index is -4.62. The summed E-state index contributed by atoms with van der Waals surface area (Å²) < 4.78 is 41.1. The van der Waals surface area contributed by atoms with E-state index >= 15 is 0 Å². The van der Waals surface area contributed by atoms with Crippen molar-refractivity contribution in [3.05, 3.63) is 35.5 Å². The van der Waals surface area contributed by atoms with E-state index in [-0.39, 0.29) is 31.5 Å². The summed E-state index contributed by atoms with van der Waals surface area (Å²) in [6.07, 6.45) is -4.95. The molecule has 134 valence electrons. The van der Waals surface area contributed by atoms with E-state index in [9.17, 15) is 27.9 Å². The van der Waals surface area contributed by atoms with Crippen molar-refractivity contribution in [2.75, 3.05) is 6.54 Å². The number of carboxylic acid groups (broad SMARTS) is 1. The van der Waals surface area contributed by atoms with Crippen molar-refractivity contribution in [1.82, 2.24) is 9.88 Å². The van der Waals surface area contributed by atoms with E-state index < -0.39 is 24.1 Å². The first-order valence-corrected chi connectivity index (χ1v) is 7.94. The second kappa shape index (κ2) is 6.42. The Morgan fingerprint density at radius 3 is 2.64 bits per heavy atom. The van der Waals surface area contributed by atoms with Gasteiger partial charge in [0.15, 0.2) is 6.04 Å². The molecule has 1 atom stereocenters. The van der Waals surface area contributed by atoms with E-state index in [0.29, 0.717) is 17.5 Å². The molecule has 0 bridgehead atoms. The van der Waals surface area contributed by atoms with Crippen LogP contribution in [0.25, 0.3) is 10.9 Å². The smallest absolute Gasteiger partial charge is 0.414 e. The van der Waals surface area contributed by atoms with Crippen molar-refractivity contribution in [3.63, 3.8) is 0 Å². The van der Waals surface area contributed by atoms with Crippen molar-refractivity contribution >= 4 is 22.8 Å². The van der Waals surface area contributed by atoms with Gasteiger partial charge in [0, 0.05) is 29.8 Å². The number of amides is 1. The molecule has 1 aromatic carbocycles. The van der Waals surface area contributed by atoms with Gasteiger partial charge in [-0.15, -0.1) is 0 Å². The van der Waals surface area contributed by atoms with Crippen LogP contribution in [0.4, 0.5) is 13.2 Å². The number of aromatic nitrogens is 1. The van der Waals surface area contributed by atoms with Crippen LogP contribution in [0.2, 0.25) is 0 Å². The topological polar surface area (TPSA) is 76.2 Å². The number of fused-ring (bicyclic) bond motifs is 3. The lowest BCUT2D eigenvalue weighted by Crippen LogP contribution is -2.46. The molecular formula is C17H16F3N2O3-. The van der Waals surface area contributed by atoms with Gasteiger partial charge in [0.2, 0.25) is 5.91 Å². The zero-order valence-corrected chi connectivity index (χ0v) is 13.2. The Labute approximate surface area is 141 Å². The lowest BCUT2D eigenvalue weighted by atomic mass is 9.96. The van der Waals surface area contributed by atoms with Crippen molar-refractivity contribution < 1.29 is 27.9 Å². The quantitative estimate of drug-likeness (QED) is 0.914. The van der Waals surface area contributed by atoms with Crippen LogP contribution in [0, 0.1) is 0 Å². The van der Waals surface area contributed by atoms with Crippen LogP contribution in [0.1, 0.15) is 36.6 Å². The first-order valence-electron chi connectivity index (χ1n) is 7.94. The first kappa shape index (κ1) is 17.3. The third kappa shape index (κ3) is 3.33. The summed E-state index contributed by atoms with van der Waals surface area (Å²) >= 11 is 0. The Balaban J connectivity index is 1.93. The number of rotatable bonds is 4. The van der Waals surface area contributed by atoms with Gasteiger partial charge in [0.05, 0.1) is 5.69 Å². The van der Waals surface area contributed by atoms with Gasteiger partial charge < -0.3 is 19.8 Å². The van der Waals surface area contributed by atoms with Gasteiger partial charge in [0.25, 0.3) is 0 Å². The highest BCUT2D eigenvalue weighted by molar-refractivity contribution is 5.86. The van der Waals surface area contributed by atoms with Crippen molar-refractivity contribution in [3.8, 4) is 0 Å². The number of para-hydroxylation sites is 1. The number of H-pyrrole nitrogens is 1. The summed E-state index contributed by atoms with van der Waals surface area (Å²) in [6.45, 7) is -0.0524. The van der Waals surface area contributed by atoms with Crippen LogP contribution in [0.5, 0.6) is 0 Å². The number of aromatic amines is 1. The number of hydrogen-bond donors (Lipinski definition) is 1. The second-order valence-electron chi connectivity index (χ2n) is 6.07. The molecule has 1 amide bonds. The van der Waals surface area contributed by atoms with E-state index in [4.69, 9.17) is 0 Å². The fourth-order valence-corrected chi connectivity index (χ4v) is 3.38. The van der Waals surface area contributed by atoms with E-state index in [0.717, 1.165) is 10.3 Å². The maximum Gasteiger partial charge on any atom is 0.414 e. The molecule has 0 saturated carbocycles. The third-order valence-corrected chi connectivity index (χ3v) is 4.44. The lowest BCUT2D eigenvalue weighted by Gasteiger charge is -2.37. The molecule has 1 aromatic heterocycles. The van der Waals surface area contributed by atoms with Gasteiger partial charge >= 0.3 is 6.18 Å². The highest BCUT2D eigenvalue weighted by atomic mass is 19.4. The molecule has 0 fully saturated rings. The Bertz CT molecular complexity index is 813. The number of nitrogens with zero attached hydrogens (tertiary/aromatic N) is 1. The number of hydrogen-bond acceptors (Lipinski definition) is 3. The molecule has 0 aliphatic carbocycles. The average Bonchev–Trinajstić information content (AvgIpc) is 2.90. The number of halogens is 3. The zero-order chi connectivity index (χ0) is 18.2. The molecule has 0 radical (unpaired) electrons. The molecule has 25 heavy (non-hydrogen) atoms. The van der Waals surface area contributed by atoms with E-state index in [1.54, 1.807) is 24.3 Å². The van der Waals surface area contributed by atoms with Crippen LogP contribution in [0.15, 0.2) is 24.3 Å². The second-order valence-corrected chi connectivity index (χ2v) is 6.07. The molecule has 0 unspecified atom stereocenters. The fourth-order valence-electron chi connectivity index (χ4n) is 3.38. The van der Waals surface area contributed by atoms with Gasteiger partial charge in [-0.25, -0.2) is 0 Å². The molecular weight excluding hydrogens is 337 g/mol. The molecule has 3 rings (SSSR count).